The van der Waals surface area contributed by atoms with Crippen molar-refractivity contribution in [2.75, 3.05) is 17.3 Å². The number of rotatable bonds is 6. The first-order chi connectivity index (χ1) is 13.1. The molecule has 0 aliphatic carbocycles. The number of hydrogen-bond donors (Lipinski definition) is 2. The van der Waals surface area contributed by atoms with Crippen LogP contribution in [0.1, 0.15) is 11.1 Å². The van der Waals surface area contributed by atoms with Gasteiger partial charge in [0.15, 0.2) is 0 Å². The van der Waals surface area contributed by atoms with Gasteiger partial charge in [0.25, 0.3) is 0 Å². The van der Waals surface area contributed by atoms with E-state index in [4.69, 9.17) is 0 Å². The van der Waals surface area contributed by atoms with Crippen molar-refractivity contribution >= 4 is 17.5 Å². The summed E-state index contributed by atoms with van der Waals surface area (Å²) in [6.07, 6.45) is 1.72. The summed E-state index contributed by atoms with van der Waals surface area (Å²) in [5.41, 5.74) is 2.18. The summed E-state index contributed by atoms with van der Waals surface area (Å²) >= 11 is 0. The number of anilines is 2. The number of halogens is 1. The molecule has 0 unspecified atom stereocenters. The normalized spacial score (nSPS) is 10.3. The Hall–Kier alpha value is -3.41. The first kappa shape index (κ1) is 18.4. The predicted octanol–water partition coefficient (Wildman–Crippen LogP) is 4.18. The zero-order chi connectivity index (χ0) is 19.1. The van der Waals surface area contributed by atoms with Gasteiger partial charge in [0.05, 0.1) is 5.69 Å². The Morgan fingerprint density at radius 1 is 1.04 bits per heavy atom. The van der Waals surface area contributed by atoms with Crippen LogP contribution in [0.2, 0.25) is 0 Å². The highest BCUT2D eigenvalue weighted by atomic mass is 19.1. The van der Waals surface area contributed by atoms with Crippen LogP contribution in [0.4, 0.5) is 20.7 Å². The highest BCUT2D eigenvalue weighted by molar-refractivity contribution is 5.89. The fourth-order valence-electron chi connectivity index (χ4n) is 2.75. The molecule has 3 aromatic rings. The van der Waals surface area contributed by atoms with Gasteiger partial charge >= 0.3 is 6.03 Å². The molecule has 0 saturated carbocycles. The molecule has 0 radical (unpaired) electrons. The zero-order valence-electron chi connectivity index (χ0n) is 15.0. The van der Waals surface area contributed by atoms with Crippen molar-refractivity contribution in [2.45, 2.75) is 13.1 Å². The lowest BCUT2D eigenvalue weighted by atomic mass is 10.2. The summed E-state index contributed by atoms with van der Waals surface area (Å²) in [5, 5.41) is 5.26. The number of aromatic nitrogens is 1. The summed E-state index contributed by atoms with van der Waals surface area (Å²) in [5.74, 6) is 0.310. The standard InChI is InChI=1S/C21H21FN4O/c1-26(15-16-8-3-2-4-9-16)20-17(10-7-13-23-20)14-24-21(27)25-19-12-6-5-11-18(19)22/h2-13H,14-15H2,1H3,(H2,24,25,27). The number of carbonyl (C=O) groups excluding carboxylic acids is 1. The quantitative estimate of drug-likeness (QED) is 0.690. The minimum absolute atomic E-state index is 0.141. The van der Waals surface area contributed by atoms with E-state index in [1.165, 1.54) is 17.7 Å². The number of benzene rings is 2. The maximum Gasteiger partial charge on any atom is 0.319 e. The van der Waals surface area contributed by atoms with Crippen LogP contribution < -0.4 is 15.5 Å². The number of para-hydroxylation sites is 1. The molecule has 0 fully saturated rings. The van der Waals surface area contributed by atoms with Crippen LogP contribution in [0, 0.1) is 5.82 Å². The molecule has 6 heteroatoms. The molecule has 138 valence electrons. The Bertz CT molecular complexity index is 901. The van der Waals surface area contributed by atoms with E-state index in [-0.39, 0.29) is 12.2 Å². The predicted molar refractivity (Wildman–Crippen MR) is 105 cm³/mol. The molecule has 2 N–H and O–H groups in total. The Morgan fingerprint density at radius 2 is 1.78 bits per heavy atom. The summed E-state index contributed by atoms with van der Waals surface area (Å²) in [4.78, 5) is 18.6. The Morgan fingerprint density at radius 3 is 2.56 bits per heavy atom. The van der Waals surface area contributed by atoms with E-state index in [9.17, 15) is 9.18 Å². The average Bonchev–Trinajstić information content (AvgIpc) is 2.69. The minimum Gasteiger partial charge on any atom is -0.355 e. The second-order valence-electron chi connectivity index (χ2n) is 6.12. The van der Waals surface area contributed by atoms with Gasteiger partial charge in [0.2, 0.25) is 0 Å². The van der Waals surface area contributed by atoms with E-state index < -0.39 is 11.8 Å². The van der Waals surface area contributed by atoms with Gasteiger partial charge in [-0.15, -0.1) is 0 Å². The van der Waals surface area contributed by atoms with E-state index in [1.807, 2.05) is 42.3 Å². The number of hydrogen-bond acceptors (Lipinski definition) is 3. The molecule has 0 spiro atoms. The maximum absolute atomic E-state index is 13.6. The SMILES string of the molecule is CN(Cc1ccccc1)c1ncccc1CNC(=O)Nc1ccccc1F. The topological polar surface area (TPSA) is 57.3 Å². The lowest BCUT2D eigenvalue weighted by Crippen LogP contribution is -2.29. The van der Waals surface area contributed by atoms with Gasteiger partial charge in [-0.1, -0.05) is 48.5 Å². The molecule has 3 rings (SSSR count). The lowest BCUT2D eigenvalue weighted by Gasteiger charge is -2.21. The molecule has 1 heterocycles. The first-order valence-electron chi connectivity index (χ1n) is 8.62. The number of nitrogens with zero attached hydrogens (tertiary/aromatic N) is 2. The molecule has 27 heavy (non-hydrogen) atoms. The molecule has 5 nitrogen and oxygen atoms in total. The Balaban J connectivity index is 1.63. The summed E-state index contributed by atoms with van der Waals surface area (Å²) < 4.78 is 13.6. The number of carbonyl (C=O) groups is 1. The summed E-state index contributed by atoms with van der Waals surface area (Å²) in [6.45, 7) is 0.981. The van der Waals surface area contributed by atoms with Crippen molar-refractivity contribution < 1.29 is 9.18 Å². The second kappa shape index (κ2) is 8.80. The Kier molecular flexibility index (Phi) is 5.99. The van der Waals surface area contributed by atoms with Crippen LogP contribution in [0.5, 0.6) is 0 Å². The number of nitrogens with one attached hydrogen (secondary N) is 2. The van der Waals surface area contributed by atoms with Gasteiger partial charge < -0.3 is 15.5 Å². The maximum atomic E-state index is 13.6. The van der Waals surface area contributed by atoms with Crippen molar-refractivity contribution in [3.05, 3.63) is 89.9 Å². The van der Waals surface area contributed by atoms with Gasteiger partial charge in [-0.3, -0.25) is 0 Å². The molecule has 0 bridgehead atoms. The smallest absolute Gasteiger partial charge is 0.319 e. The van der Waals surface area contributed by atoms with Crippen LogP contribution in [0.15, 0.2) is 72.9 Å². The fourth-order valence-corrected chi connectivity index (χ4v) is 2.75. The van der Waals surface area contributed by atoms with Crippen molar-refractivity contribution in [3.63, 3.8) is 0 Å². The van der Waals surface area contributed by atoms with E-state index in [0.29, 0.717) is 6.54 Å². The van der Waals surface area contributed by atoms with Crippen LogP contribution in [0.3, 0.4) is 0 Å². The van der Waals surface area contributed by atoms with E-state index >= 15 is 0 Å². The number of amides is 2. The molecule has 1 aromatic heterocycles. The van der Waals surface area contributed by atoms with Crippen LogP contribution >= 0.6 is 0 Å². The molecular weight excluding hydrogens is 343 g/mol. The van der Waals surface area contributed by atoms with Gasteiger partial charge in [0.1, 0.15) is 11.6 Å². The fraction of sp³-hybridized carbons (Fsp3) is 0.143. The van der Waals surface area contributed by atoms with Gasteiger partial charge in [-0.2, -0.15) is 0 Å². The zero-order valence-corrected chi connectivity index (χ0v) is 15.0. The van der Waals surface area contributed by atoms with E-state index in [1.54, 1.807) is 18.3 Å². The Labute approximate surface area is 157 Å². The highest BCUT2D eigenvalue weighted by Crippen LogP contribution is 2.18. The minimum atomic E-state index is -0.475. The third-order valence-corrected chi connectivity index (χ3v) is 4.05. The van der Waals surface area contributed by atoms with Crippen molar-refractivity contribution in [3.8, 4) is 0 Å². The average molecular weight is 364 g/mol. The largest absolute Gasteiger partial charge is 0.355 e. The first-order valence-corrected chi connectivity index (χ1v) is 8.62. The molecule has 2 amide bonds. The van der Waals surface area contributed by atoms with Gasteiger partial charge in [-0.25, -0.2) is 14.2 Å². The summed E-state index contributed by atoms with van der Waals surface area (Å²) in [7, 11) is 1.96. The molecule has 0 saturated heterocycles. The number of urea groups is 1. The van der Waals surface area contributed by atoms with Gasteiger partial charge in [-0.05, 0) is 23.8 Å². The molecule has 0 aliphatic rings. The molecular formula is C21H21FN4O. The summed E-state index contributed by atoms with van der Waals surface area (Å²) in [6, 6.07) is 19.4. The third kappa shape index (κ3) is 5.04. The number of pyridine rings is 1. The van der Waals surface area contributed by atoms with E-state index in [0.717, 1.165) is 11.4 Å². The molecule has 0 atom stereocenters. The lowest BCUT2D eigenvalue weighted by molar-refractivity contribution is 0.251. The second-order valence-corrected chi connectivity index (χ2v) is 6.12. The third-order valence-electron chi connectivity index (χ3n) is 4.05. The molecule has 2 aromatic carbocycles. The van der Waals surface area contributed by atoms with Crippen molar-refractivity contribution in [1.29, 1.82) is 0 Å². The van der Waals surface area contributed by atoms with Crippen molar-refractivity contribution in [1.82, 2.24) is 10.3 Å². The van der Waals surface area contributed by atoms with Crippen LogP contribution in [0.25, 0.3) is 0 Å². The van der Waals surface area contributed by atoms with Gasteiger partial charge in [0, 0.05) is 31.9 Å². The van der Waals surface area contributed by atoms with Crippen LogP contribution in [-0.4, -0.2) is 18.1 Å². The van der Waals surface area contributed by atoms with Crippen LogP contribution in [-0.2, 0) is 13.1 Å². The van der Waals surface area contributed by atoms with Crippen molar-refractivity contribution in [2.24, 2.45) is 0 Å². The highest BCUT2D eigenvalue weighted by Gasteiger charge is 2.11. The van der Waals surface area contributed by atoms with E-state index in [2.05, 4.69) is 27.8 Å². The molecule has 0 aliphatic heterocycles. The monoisotopic (exact) mass is 364 g/mol.